The Morgan fingerprint density at radius 2 is 1.79 bits per heavy atom. The van der Waals surface area contributed by atoms with Crippen LogP contribution in [-0.4, -0.2) is 35.5 Å². The van der Waals surface area contributed by atoms with Gasteiger partial charge in [0.2, 0.25) is 11.8 Å². The Kier molecular flexibility index (Phi) is 7.11. The molecule has 0 rings (SSSR count). The third kappa shape index (κ3) is 9.04. The topological polar surface area (TPSA) is 95.5 Å². The summed E-state index contributed by atoms with van der Waals surface area (Å²) < 4.78 is 0. The van der Waals surface area contributed by atoms with Crippen molar-refractivity contribution >= 4 is 17.8 Å². The Balaban J connectivity index is 3.76. The molecule has 0 spiro atoms. The molecule has 0 aromatic rings. The van der Waals surface area contributed by atoms with Crippen molar-refractivity contribution in [2.75, 3.05) is 6.54 Å². The van der Waals surface area contributed by atoms with Crippen molar-refractivity contribution in [3.05, 3.63) is 0 Å². The first-order valence-electron chi connectivity index (χ1n) is 6.42. The van der Waals surface area contributed by atoms with Gasteiger partial charge in [0.1, 0.15) is 0 Å². The Labute approximate surface area is 113 Å². The molecule has 0 saturated carbocycles. The van der Waals surface area contributed by atoms with Gasteiger partial charge in [-0.25, -0.2) is 0 Å². The Hall–Kier alpha value is -1.59. The summed E-state index contributed by atoms with van der Waals surface area (Å²) in [6, 6.07) is -0.380. The monoisotopic (exact) mass is 272 g/mol. The number of amides is 2. The van der Waals surface area contributed by atoms with E-state index < -0.39 is 11.4 Å². The van der Waals surface area contributed by atoms with Crippen molar-refractivity contribution in [2.45, 2.75) is 53.0 Å². The van der Waals surface area contributed by atoms with Gasteiger partial charge in [-0.2, -0.15) is 0 Å². The van der Waals surface area contributed by atoms with Crippen molar-refractivity contribution in [3.8, 4) is 0 Å². The van der Waals surface area contributed by atoms with Gasteiger partial charge in [-0.1, -0.05) is 20.8 Å². The molecule has 19 heavy (non-hydrogen) atoms. The van der Waals surface area contributed by atoms with Gasteiger partial charge < -0.3 is 15.7 Å². The smallest absolute Gasteiger partial charge is 0.305 e. The van der Waals surface area contributed by atoms with Crippen LogP contribution < -0.4 is 10.6 Å². The Morgan fingerprint density at radius 1 is 1.21 bits per heavy atom. The van der Waals surface area contributed by atoms with E-state index in [4.69, 9.17) is 5.11 Å². The summed E-state index contributed by atoms with van der Waals surface area (Å²) in [7, 11) is 0. The SMILES string of the molecule is CC(CC(=O)O)NC(=O)CCCNC(=O)C(C)(C)C. The molecule has 0 radical (unpaired) electrons. The molecule has 0 aliphatic rings. The highest BCUT2D eigenvalue weighted by molar-refractivity contribution is 5.81. The number of carbonyl (C=O) groups excluding carboxylic acids is 2. The fourth-order valence-corrected chi connectivity index (χ4v) is 1.38. The molecule has 3 N–H and O–H groups in total. The minimum Gasteiger partial charge on any atom is -0.481 e. The zero-order valence-electron chi connectivity index (χ0n) is 12.1. The predicted octanol–water partition coefficient (Wildman–Crippen LogP) is 0.908. The van der Waals surface area contributed by atoms with Crippen LogP contribution in [0.5, 0.6) is 0 Å². The van der Waals surface area contributed by atoms with Gasteiger partial charge in [0, 0.05) is 24.4 Å². The van der Waals surface area contributed by atoms with Crippen LogP contribution in [0.25, 0.3) is 0 Å². The number of carboxylic acid groups (broad SMARTS) is 1. The van der Waals surface area contributed by atoms with E-state index in [1.807, 2.05) is 20.8 Å². The molecule has 0 heterocycles. The van der Waals surface area contributed by atoms with E-state index >= 15 is 0 Å². The number of aliphatic carboxylic acids is 1. The third-order valence-electron chi connectivity index (χ3n) is 2.44. The molecule has 0 aliphatic heterocycles. The molecule has 0 aromatic carbocycles. The first-order valence-corrected chi connectivity index (χ1v) is 6.42. The summed E-state index contributed by atoms with van der Waals surface area (Å²) in [5, 5.41) is 13.9. The molecule has 6 heteroatoms. The molecule has 2 amide bonds. The minimum absolute atomic E-state index is 0.0489. The number of hydrogen-bond donors (Lipinski definition) is 3. The summed E-state index contributed by atoms with van der Waals surface area (Å²) in [4.78, 5) is 33.4. The zero-order valence-corrected chi connectivity index (χ0v) is 12.1. The Bertz CT molecular complexity index is 334. The second-order valence-electron chi connectivity index (χ2n) is 5.68. The molecule has 6 nitrogen and oxygen atoms in total. The first-order chi connectivity index (χ1) is 8.62. The second kappa shape index (κ2) is 7.76. The molecule has 0 bridgehead atoms. The van der Waals surface area contributed by atoms with Crippen LogP contribution in [-0.2, 0) is 14.4 Å². The zero-order chi connectivity index (χ0) is 15.1. The highest BCUT2D eigenvalue weighted by Crippen LogP contribution is 2.12. The number of rotatable bonds is 7. The number of carbonyl (C=O) groups is 3. The van der Waals surface area contributed by atoms with Gasteiger partial charge in [-0.3, -0.25) is 14.4 Å². The van der Waals surface area contributed by atoms with E-state index in [0.717, 1.165) is 0 Å². The van der Waals surface area contributed by atoms with E-state index in [0.29, 0.717) is 13.0 Å². The largest absolute Gasteiger partial charge is 0.481 e. The van der Waals surface area contributed by atoms with E-state index in [2.05, 4.69) is 10.6 Å². The lowest BCUT2D eigenvalue weighted by atomic mass is 9.96. The van der Waals surface area contributed by atoms with Crippen LogP contribution in [0.1, 0.15) is 47.0 Å². The summed E-state index contributed by atoms with van der Waals surface area (Å²) in [6.07, 6.45) is 0.717. The first kappa shape index (κ1) is 17.4. The second-order valence-corrected chi connectivity index (χ2v) is 5.68. The number of nitrogens with one attached hydrogen (secondary N) is 2. The van der Waals surface area contributed by atoms with Crippen molar-refractivity contribution in [3.63, 3.8) is 0 Å². The normalized spacial score (nSPS) is 12.6. The van der Waals surface area contributed by atoms with Gasteiger partial charge in [-0.15, -0.1) is 0 Å². The maximum atomic E-state index is 11.5. The highest BCUT2D eigenvalue weighted by atomic mass is 16.4. The minimum atomic E-state index is -0.940. The standard InChI is InChI=1S/C13H24N2O4/c1-9(8-11(17)18)15-10(16)6-5-7-14-12(19)13(2,3)4/h9H,5-8H2,1-4H3,(H,14,19)(H,15,16)(H,17,18). The Morgan fingerprint density at radius 3 is 2.26 bits per heavy atom. The summed E-state index contributed by atoms with van der Waals surface area (Å²) >= 11 is 0. The van der Waals surface area contributed by atoms with Crippen molar-refractivity contribution in [1.82, 2.24) is 10.6 Å². The molecular formula is C13H24N2O4. The fourth-order valence-electron chi connectivity index (χ4n) is 1.38. The van der Waals surface area contributed by atoms with Crippen molar-refractivity contribution < 1.29 is 19.5 Å². The average molecular weight is 272 g/mol. The summed E-state index contributed by atoms with van der Waals surface area (Å²) in [5.74, 6) is -1.18. The molecule has 110 valence electrons. The van der Waals surface area contributed by atoms with Gasteiger partial charge in [0.05, 0.1) is 6.42 Å². The highest BCUT2D eigenvalue weighted by Gasteiger charge is 2.20. The van der Waals surface area contributed by atoms with Crippen molar-refractivity contribution in [2.24, 2.45) is 5.41 Å². The fraction of sp³-hybridized carbons (Fsp3) is 0.769. The van der Waals surface area contributed by atoms with Gasteiger partial charge in [0.15, 0.2) is 0 Å². The summed E-state index contributed by atoms with van der Waals surface area (Å²) in [5.41, 5.74) is -0.432. The number of carboxylic acids is 1. The van der Waals surface area contributed by atoms with Crippen LogP contribution in [0.15, 0.2) is 0 Å². The number of hydrogen-bond acceptors (Lipinski definition) is 3. The van der Waals surface area contributed by atoms with Gasteiger partial charge in [-0.05, 0) is 13.3 Å². The molecule has 0 fully saturated rings. The predicted molar refractivity (Wildman–Crippen MR) is 71.6 cm³/mol. The molecule has 0 aliphatic carbocycles. The van der Waals surface area contributed by atoms with E-state index in [1.54, 1.807) is 6.92 Å². The van der Waals surface area contributed by atoms with Crippen LogP contribution in [0.2, 0.25) is 0 Å². The van der Waals surface area contributed by atoms with Gasteiger partial charge >= 0.3 is 5.97 Å². The molecular weight excluding hydrogens is 248 g/mol. The van der Waals surface area contributed by atoms with E-state index in [1.165, 1.54) is 0 Å². The molecule has 1 unspecified atom stereocenters. The average Bonchev–Trinajstić information content (AvgIpc) is 2.21. The molecule has 0 aromatic heterocycles. The van der Waals surface area contributed by atoms with Gasteiger partial charge in [0.25, 0.3) is 0 Å². The van der Waals surface area contributed by atoms with E-state index in [9.17, 15) is 14.4 Å². The lowest BCUT2D eigenvalue weighted by molar-refractivity contribution is -0.137. The third-order valence-corrected chi connectivity index (χ3v) is 2.44. The maximum absolute atomic E-state index is 11.5. The molecule has 1 atom stereocenters. The quantitative estimate of drug-likeness (QED) is 0.600. The lowest BCUT2D eigenvalue weighted by Gasteiger charge is -2.17. The summed E-state index contributed by atoms with van der Waals surface area (Å²) in [6.45, 7) is 7.55. The van der Waals surface area contributed by atoms with Crippen LogP contribution >= 0.6 is 0 Å². The van der Waals surface area contributed by atoms with Crippen molar-refractivity contribution in [1.29, 1.82) is 0 Å². The lowest BCUT2D eigenvalue weighted by Crippen LogP contribution is -2.37. The van der Waals surface area contributed by atoms with Crippen LogP contribution in [0.3, 0.4) is 0 Å². The van der Waals surface area contributed by atoms with Crippen LogP contribution in [0, 0.1) is 5.41 Å². The maximum Gasteiger partial charge on any atom is 0.305 e. The molecule has 0 saturated heterocycles. The van der Waals surface area contributed by atoms with E-state index in [-0.39, 0.29) is 30.7 Å². The van der Waals surface area contributed by atoms with Crippen LogP contribution in [0.4, 0.5) is 0 Å².